The molecule has 5 atom stereocenters. The van der Waals surface area contributed by atoms with E-state index in [-0.39, 0.29) is 28.5 Å². The Bertz CT molecular complexity index is 153. The lowest BCUT2D eigenvalue weighted by atomic mass is 10.0. The van der Waals surface area contributed by atoms with Gasteiger partial charge in [0, 0.05) is 6.04 Å². The van der Waals surface area contributed by atoms with Crippen molar-refractivity contribution in [3.05, 3.63) is 0 Å². The van der Waals surface area contributed by atoms with Gasteiger partial charge in [-0.15, -0.1) is 12.4 Å². The van der Waals surface area contributed by atoms with Gasteiger partial charge in [0.2, 0.25) is 0 Å². The molecule has 0 aromatic rings. The van der Waals surface area contributed by atoms with Crippen LogP contribution in [0.5, 0.6) is 0 Å². The smallest absolute Gasteiger partial charge is 0.185 e. The number of ether oxygens (including phenoxy) is 2. The van der Waals surface area contributed by atoms with Crippen molar-refractivity contribution in [1.29, 1.82) is 0 Å². The normalized spacial score (nSPS) is 51.8. The van der Waals surface area contributed by atoms with E-state index in [0.29, 0.717) is 6.61 Å². The molecule has 2 fully saturated rings. The maximum absolute atomic E-state index is 9.45. The number of hydrogen-bond acceptors (Lipinski definition) is 4. The average Bonchev–Trinajstić information content (AvgIpc) is 2.44. The van der Waals surface area contributed by atoms with Crippen LogP contribution in [-0.4, -0.2) is 40.2 Å². The van der Waals surface area contributed by atoms with Crippen LogP contribution in [0.2, 0.25) is 0 Å². The van der Waals surface area contributed by atoms with Crippen molar-refractivity contribution in [2.75, 3.05) is 6.61 Å². The molecule has 0 spiro atoms. The number of fused-ring (bicyclic) bond motifs is 2. The molecule has 72 valence electrons. The fraction of sp³-hybridized carbons (Fsp3) is 1.00. The predicted octanol–water partition coefficient (Wildman–Crippen LogP) is -0.345. The Morgan fingerprint density at radius 1 is 1.50 bits per heavy atom. The van der Waals surface area contributed by atoms with Crippen molar-refractivity contribution in [3.63, 3.8) is 0 Å². The molecule has 3 N–H and O–H groups in total. The highest BCUT2D eigenvalue weighted by molar-refractivity contribution is 14.1. The third-order valence-corrected chi connectivity index (χ3v) is 3.76. The molecule has 0 aromatic heterocycles. The van der Waals surface area contributed by atoms with Crippen LogP contribution in [0, 0.1) is 0 Å². The number of alkyl halides is 1. The highest BCUT2D eigenvalue weighted by Crippen LogP contribution is 2.31. The van der Waals surface area contributed by atoms with Crippen LogP contribution in [0.1, 0.15) is 0 Å². The molecule has 2 heterocycles. The van der Waals surface area contributed by atoms with Crippen molar-refractivity contribution in [1.82, 2.24) is 0 Å². The number of nitrogens with two attached hydrogens (primary N) is 1. The van der Waals surface area contributed by atoms with Gasteiger partial charge in [-0.05, 0) is 0 Å². The molecule has 0 aromatic carbocycles. The van der Waals surface area contributed by atoms with Gasteiger partial charge in [-0.25, -0.2) is 0 Å². The Labute approximate surface area is 90.3 Å². The third kappa shape index (κ3) is 1.58. The first-order valence-electron chi connectivity index (χ1n) is 3.55. The van der Waals surface area contributed by atoms with Gasteiger partial charge in [0.1, 0.15) is 6.10 Å². The summed E-state index contributed by atoms with van der Waals surface area (Å²) in [5.41, 5.74) is 5.73. The van der Waals surface area contributed by atoms with Crippen LogP contribution >= 0.6 is 35.0 Å². The second kappa shape index (κ2) is 3.93. The highest BCUT2D eigenvalue weighted by atomic mass is 127. The molecule has 2 aliphatic heterocycles. The van der Waals surface area contributed by atoms with Gasteiger partial charge in [0.15, 0.2) is 6.29 Å². The van der Waals surface area contributed by atoms with E-state index < -0.39 is 12.4 Å². The average molecular weight is 308 g/mol. The van der Waals surface area contributed by atoms with Gasteiger partial charge in [-0.3, -0.25) is 0 Å². The lowest BCUT2D eigenvalue weighted by Crippen LogP contribution is -2.55. The number of halogens is 2. The summed E-state index contributed by atoms with van der Waals surface area (Å²) in [6, 6.07) is -0.221. The van der Waals surface area contributed by atoms with Crippen LogP contribution < -0.4 is 5.73 Å². The minimum atomic E-state index is -0.671. The van der Waals surface area contributed by atoms with E-state index in [1.165, 1.54) is 0 Å². The second-order valence-electron chi connectivity index (χ2n) is 2.89. The molecule has 0 radical (unpaired) electrons. The van der Waals surface area contributed by atoms with E-state index in [4.69, 9.17) is 15.2 Å². The Kier molecular flexibility index (Phi) is 3.58. The third-order valence-electron chi connectivity index (χ3n) is 2.13. The molecule has 12 heavy (non-hydrogen) atoms. The molecular formula is C6H11ClINO3. The Balaban J connectivity index is 0.000000720. The summed E-state index contributed by atoms with van der Waals surface area (Å²) in [5, 5.41) is 9.45. The van der Waals surface area contributed by atoms with Gasteiger partial charge in [0.05, 0.1) is 16.6 Å². The molecule has 2 rings (SSSR count). The summed E-state index contributed by atoms with van der Waals surface area (Å²) in [4.78, 5) is 0. The van der Waals surface area contributed by atoms with E-state index in [2.05, 4.69) is 22.6 Å². The summed E-state index contributed by atoms with van der Waals surface area (Å²) in [7, 11) is 0. The predicted molar refractivity (Wildman–Crippen MR) is 53.7 cm³/mol. The Morgan fingerprint density at radius 3 is 2.83 bits per heavy atom. The highest BCUT2D eigenvalue weighted by Gasteiger charge is 2.47. The molecule has 2 saturated heterocycles. The van der Waals surface area contributed by atoms with Gasteiger partial charge in [-0.2, -0.15) is 0 Å². The van der Waals surface area contributed by atoms with E-state index in [1.54, 1.807) is 0 Å². The zero-order valence-corrected chi connectivity index (χ0v) is 9.20. The molecule has 2 bridgehead atoms. The number of aliphatic hydroxyl groups is 1. The van der Waals surface area contributed by atoms with Gasteiger partial charge in [0.25, 0.3) is 0 Å². The van der Waals surface area contributed by atoms with Crippen LogP contribution in [0.3, 0.4) is 0 Å². The molecule has 0 unspecified atom stereocenters. The Morgan fingerprint density at radius 2 is 2.17 bits per heavy atom. The zero-order valence-electron chi connectivity index (χ0n) is 6.22. The summed E-state index contributed by atoms with van der Waals surface area (Å²) in [6.45, 7) is 0.559. The molecular weight excluding hydrogens is 296 g/mol. The van der Waals surface area contributed by atoms with E-state index in [9.17, 15) is 5.11 Å². The van der Waals surface area contributed by atoms with Crippen molar-refractivity contribution in [2.45, 2.75) is 28.5 Å². The fourth-order valence-electron chi connectivity index (χ4n) is 1.40. The summed E-state index contributed by atoms with van der Waals surface area (Å²) < 4.78 is 10.7. The quantitative estimate of drug-likeness (QED) is 0.474. The number of hydrogen-bond donors (Lipinski definition) is 2. The first kappa shape index (κ1) is 10.9. The molecule has 4 nitrogen and oxygen atoms in total. The van der Waals surface area contributed by atoms with E-state index in [0.717, 1.165) is 0 Å². The van der Waals surface area contributed by atoms with Gasteiger partial charge < -0.3 is 20.3 Å². The molecule has 0 saturated carbocycles. The number of rotatable bonds is 0. The summed E-state index contributed by atoms with van der Waals surface area (Å²) >= 11 is 2.20. The van der Waals surface area contributed by atoms with Crippen molar-refractivity contribution < 1.29 is 14.6 Å². The molecule has 0 aliphatic carbocycles. The number of aliphatic hydroxyl groups excluding tert-OH is 1. The minimum Gasteiger partial charge on any atom is -0.386 e. The van der Waals surface area contributed by atoms with Crippen molar-refractivity contribution >= 4 is 35.0 Å². The standard InChI is InChI=1S/C6H10INO3.ClH/c7-3-2-1-10-6(11-2)5(9)4(3)8;/h2-6,9H,1,8H2;1H/t2-,3-,4+,5+,6-;/m1./s1. The summed E-state index contributed by atoms with van der Waals surface area (Å²) in [6.07, 6.45) is -1.09. The topological polar surface area (TPSA) is 64.7 Å². The second-order valence-corrected chi connectivity index (χ2v) is 4.33. The summed E-state index contributed by atoms with van der Waals surface area (Å²) in [5.74, 6) is 0. The van der Waals surface area contributed by atoms with Crippen molar-refractivity contribution in [3.8, 4) is 0 Å². The maximum atomic E-state index is 9.45. The first-order valence-corrected chi connectivity index (χ1v) is 4.79. The van der Waals surface area contributed by atoms with Crippen LogP contribution in [0.15, 0.2) is 0 Å². The van der Waals surface area contributed by atoms with Gasteiger partial charge >= 0.3 is 0 Å². The lowest BCUT2D eigenvalue weighted by molar-refractivity contribution is -0.155. The molecule has 6 heteroatoms. The lowest BCUT2D eigenvalue weighted by Gasteiger charge is -2.33. The Hall–Kier alpha value is 0.860. The van der Waals surface area contributed by atoms with Crippen molar-refractivity contribution in [2.24, 2.45) is 5.73 Å². The van der Waals surface area contributed by atoms with Crippen LogP contribution in [0.25, 0.3) is 0 Å². The molecule has 0 amide bonds. The first-order chi connectivity index (χ1) is 5.20. The van der Waals surface area contributed by atoms with Crippen LogP contribution in [0.4, 0.5) is 0 Å². The zero-order chi connectivity index (χ0) is 8.01. The minimum absolute atomic E-state index is 0. The largest absolute Gasteiger partial charge is 0.386 e. The van der Waals surface area contributed by atoms with Gasteiger partial charge in [-0.1, -0.05) is 22.6 Å². The monoisotopic (exact) mass is 307 g/mol. The van der Waals surface area contributed by atoms with E-state index >= 15 is 0 Å². The molecule has 2 aliphatic rings. The SMILES string of the molecule is Cl.N[C@@H]1[C@H](O)[C@@H]2OC[C@@H](O2)[C@H]1I. The van der Waals surface area contributed by atoms with Crippen LogP contribution in [-0.2, 0) is 9.47 Å². The maximum Gasteiger partial charge on any atom is 0.185 e. The fourth-order valence-corrected chi connectivity index (χ4v) is 2.21. The van der Waals surface area contributed by atoms with E-state index in [1.807, 2.05) is 0 Å².